The Labute approximate surface area is 163 Å². The molecule has 0 saturated carbocycles. The van der Waals surface area contributed by atoms with Gasteiger partial charge in [-0.15, -0.1) is 0 Å². The number of benzene rings is 1. The van der Waals surface area contributed by atoms with Gasteiger partial charge in [-0.2, -0.15) is 0 Å². The molecule has 2 N–H and O–H groups in total. The Hall–Kier alpha value is -1.34. The molecule has 2 rings (SSSR count). The van der Waals surface area contributed by atoms with Gasteiger partial charge in [0.15, 0.2) is 0 Å². The second-order valence-corrected chi connectivity index (χ2v) is 8.06. The predicted molar refractivity (Wildman–Crippen MR) is 107 cm³/mol. The van der Waals surface area contributed by atoms with Crippen LogP contribution in [0.5, 0.6) is 11.5 Å². The molecule has 1 atom stereocenters. The molecule has 1 fully saturated rings. The summed E-state index contributed by atoms with van der Waals surface area (Å²) in [6, 6.07) is 5.81. The van der Waals surface area contributed by atoms with Crippen molar-refractivity contribution < 1.29 is 19.7 Å². The lowest BCUT2D eigenvalue weighted by molar-refractivity contribution is 0.0335. The quantitative estimate of drug-likeness (QED) is 0.647. The smallest absolute Gasteiger partial charge is 0.124 e. The van der Waals surface area contributed by atoms with Gasteiger partial charge in [-0.1, -0.05) is 13.8 Å². The average molecular weight is 381 g/mol. The van der Waals surface area contributed by atoms with Crippen molar-refractivity contribution in [2.24, 2.45) is 5.92 Å². The number of aliphatic hydroxyl groups excluding tert-OH is 2. The first kappa shape index (κ1) is 22.0. The summed E-state index contributed by atoms with van der Waals surface area (Å²) < 4.78 is 11.3. The molecule has 0 aromatic heterocycles. The van der Waals surface area contributed by atoms with E-state index in [2.05, 4.69) is 30.7 Å². The van der Waals surface area contributed by atoms with E-state index >= 15 is 0 Å². The lowest BCUT2D eigenvalue weighted by atomic mass is 10.1. The number of ether oxygens (including phenoxy) is 2. The average Bonchev–Trinajstić information content (AvgIpc) is 2.61. The highest BCUT2D eigenvalue weighted by molar-refractivity contribution is 5.40. The maximum Gasteiger partial charge on any atom is 0.124 e. The van der Waals surface area contributed by atoms with Gasteiger partial charge in [-0.3, -0.25) is 0 Å². The molecule has 1 aliphatic rings. The summed E-state index contributed by atoms with van der Waals surface area (Å²) in [6.45, 7) is 8.66. The summed E-state index contributed by atoms with van der Waals surface area (Å²) in [6.07, 6.45) is 0.805. The molecular formula is C21H36N2O4. The van der Waals surface area contributed by atoms with E-state index < -0.39 is 6.10 Å². The minimum atomic E-state index is -0.552. The standard InChI is InChI=1S/C21H36N2O4/c1-16(2)12-22(3)13-17-11-20(26-4)5-6-21(17)27-15-19(25)14-23-9-7-18(24)8-10-23/h5-6,11,16,18-19,24-25H,7-10,12-15H2,1-4H3/t19-/m0/s1. The number of rotatable bonds is 10. The van der Waals surface area contributed by atoms with Crippen LogP contribution < -0.4 is 9.47 Å². The fraction of sp³-hybridized carbons (Fsp3) is 0.714. The second kappa shape index (κ2) is 10.9. The summed E-state index contributed by atoms with van der Waals surface area (Å²) in [7, 11) is 3.76. The first-order chi connectivity index (χ1) is 12.9. The van der Waals surface area contributed by atoms with E-state index in [9.17, 15) is 10.2 Å². The molecule has 1 aromatic rings. The van der Waals surface area contributed by atoms with Gasteiger partial charge < -0.3 is 29.5 Å². The van der Waals surface area contributed by atoms with Crippen molar-refractivity contribution in [1.82, 2.24) is 9.80 Å². The molecule has 1 aromatic carbocycles. The van der Waals surface area contributed by atoms with Gasteiger partial charge in [0.2, 0.25) is 0 Å². The lowest BCUT2D eigenvalue weighted by Crippen LogP contribution is -2.41. The van der Waals surface area contributed by atoms with Gasteiger partial charge >= 0.3 is 0 Å². The number of likely N-dealkylation sites (tertiary alicyclic amines) is 1. The number of hydrogen-bond donors (Lipinski definition) is 2. The lowest BCUT2D eigenvalue weighted by Gasteiger charge is -2.31. The normalized spacial score (nSPS) is 17.5. The molecule has 0 aliphatic carbocycles. The Balaban J connectivity index is 1.91. The minimum absolute atomic E-state index is 0.195. The van der Waals surface area contributed by atoms with Gasteiger partial charge in [0.05, 0.1) is 13.2 Å². The van der Waals surface area contributed by atoms with E-state index in [4.69, 9.17) is 9.47 Å². The summed E-state index contributed by atoms with van der Waals surface area (Å²) in [5.41, 5.74) is 1.06. The van der Waals surface area contributed by atoms with Crippen LogP contribution in [0.2, 0.25) is 0 Å². The fourth-order valence-corrected chi connectivity index (χ4v) is 3.56. The van der Waals surface area contributed by atoms with E-state index in [1.807, 2.05) is 18.2 Å². The molecule has 0 bridgehead atoms. The molecule has 6 nitrogen and oxygen atoms in total. The van der Waals surface area contributed by atoms with Crippen LogP contribution in [-0.4, -0.2) is 79.2 Å². The highest BCUT2D eigenvalue weighted by Crippen LogP contribution is 2.26. The van der Waals surface area contributed by atoms with Crippen molar-refractivity contribution in [3.63, 3.8) is 0 Å². The van der Waals surface area contributed by atoms with E-state index in [0.29, 0.717) is 12.5 Å². The van der Waals surface area contributed by atoms with E-state index in [0.717, 1.165) is 56.1 Å². The molecule has 0 spiro atoms. The molecule has 6 heteroatoms. The zero-order valence-corrected chi connectivity index (χ0v) is 17.2. The van der Waals surface area contributed by atoms with Crippen LogP contribution in [0.1, 0.15) is 32.3 Å². The molecule has 1 saturated heterocycles. The van der Waals surface area contributed by atoms with Crippen LogP contribution in [0, 0.1) is 5.92 Å². The molecular weight excluding hydrogens is 344 g/mol. The van der Waals surface area contributed by atoms with Crippen LogP contribution in [0.4, 0.5) is 0 Å². The Morgan fingerprint density at radius 2 is 1.96 bits per heavy atom. The van der Waals surface area contributed by atoms with Gasteiger partial charge in [0.25, 0.3) is 0 Å². The topological polar surface area (TPSA) is 65.4 Å². The summed E-state index contributed by atoms with van der Waals surface area (Å²) in [5, 5.41) is 19.9. The van der Waals surface area contributed by atoms with Crippen molar-refractivity contribution in [3.05, 3.63) is 23.8 Å². The SMILES string of the molecule is COc1ccc(OC[C@@H](O)CN2CCC(O)CC2)c(CN(C)CC(C)C)c1. The van der Waals surface area contributed by atoms with Crippen molar-refractivity contribution >= 4 is 0 Å². The highest BCUT2D eigenvalue weighted by atomic mass is 16.5. The number of β-amino-alcohol motifs (C(OH)–C–C–N with tert-alkyl or cyclic N) is 1. The van der Waals surface area contributed by atoms with Gasteiger partial charge in [-0.05, 0) is 44.0 Å². The maximum absolute atomic E-state index is 10.4. The summed E-state index contributed by atoms with van der Waals surface area (Å²) >= 11 is 0. The van der Waals surface area contributed by atoms with Gasteiger partial charge in [0.1, 0.15) is 24.2 Å². The van der Waals surface area contributed by atoms with Crippen molar-refractivity contribution in [1.29, 1.82) is 0 Å². The van der Waals surface area contributed by atoms with Crippen LogP contribution in [0.3, 0.4) is 0 Å². The van der Waals surface area contributed by atoms with Crippen LogP contribution in [0.25, 0.3) is 0 Å². The van der Waals surface area contributed by atoms with E-state index in [-0.39, 0.29) is 12.7 Å². The molecule has 0 radical (unpaired) electrons. The molecule has 154 valence electrons. The minimum Gasteiger partial charge on any atom is -0.497 e. The summed E-state index contributed by atoms with van der Waals surface area (Å²) in [5.74, 6) is 2.19. The van der Waals surface area contributed by atoms with Crippen molar-refractivity contribution in [3.8, 4) is 11.5 Å². The second-order valence-electron chi connectivity index (χ2n) is 8.06. The third-order valence-electron chi connectivity index (χ3n) is 4.84. The third-order valence-corrected chi connectivity index (χ3v) is 4.84. The fourth-order valence-electron chi connectivity index (χ4n) is 3.56. The summed E-state index contributed by atoms with van der Waals surface area (Å²) in [4.78, 5) is 4.45. The number of methoxy groups -OCH3 is 1. The number of piperidine rings is 1. The molecule has 0 unspecified atom stereocenters. The Bertz CT molecular complexity index is 559. The number of nitrogens with zero attached hydrogens (tertiary/aromatic N) is 2. The predicted octanol–water partition coefficient (Wildman–Crippen LogP) is 1.98. The van der Waals surface area contributed by atoms with E-state index in [1.54, 1.807) is 7.11 Å². The molecule has 27 heavy (non-hydrogen) atoms. The van der Waals surface area contributed by atoms with E-state index in [1.165, 1.54) is 0 Å². The Morgan fingerprint density at radius 1 is 1.26 bits per heavy atom. The number of hydrogen-bond acceptors (Lipinski definition) is 6. The van der Waals surface area contributed by atoms with Gasteiger partial charge in [-0.25, -0.2) is 0 Å². The zero-order valence-electron chi connectivity index (χ0n) is 17.2. The Morgan fingerprint density at radius 3 is 2.59 bits per heavy atom. The van der Waals surface area contributed by atoms with Crippen LogP contribution in [-0.2, 0) is 6.54 Å². The van der Waals surface area contributed by atoms with Crippen molar-refractivity contribution in [2.75, 3.05) is 46.9 Å². The van der Waals surface area contributed by atoms with Crippen LogP contribution in [0.15, 0.2) is 18.2 Å². The Kier molecular flexibility index (Phi) is 8.83. The number of aliphatic hydroxyl groups is 2. The molecule has 1 aliphatic heterocycles. The van der Waals surface area contributed by atoms with Gasteiger partial charge in [0, 0.05) is 38.3 Å². The maximum atomic E-state index is 10.4. The zero-order chi connectivity index (χ0) is 19.8. The molecule has 1 heterocycles. The van der Waals surface area contributed by atoms with Crippen LogP contribution >= 0.6 is 0 Å². The third kappa shape index (κ3) is 7.66. The van der Waals surface area contributed by atoms with Crippen molar-refractivity contribution in [2.45, 2.75) is 45.4 Å². The molecule has 0 amide bonds. The monoisotopic (exact) mass is 380 g/mol. The first-order valence-corrected chi connectivity index (χ1v) is 9.94. The largest absolute Gasteiger partial charge is 0.497 e. The highest BCUT2D eigenvalue weighted by Gasteiger charge is 2.20. The first-order valence-electron chi connectivity index (χ1n) is 9.94.